The van der Waals surface area contributed by atoms with E-state index in [1.165, 1.54) is 11.8 Å². The fourth-order valence-corrected chi connectivity index (χ4v) is 4.97. The van der Waals surface area contributed by atoms with E-state index in [1.54, 1.807) is 4.90 Å². The van der Waals surface area contributed by atoms with Gasteiger partial charge in [-0.05, 0) is 70.2 Å². The molecular formula is C25H25N3O2S2. The molecule has 0 N–H and O–H groups in total. The number of nitrogens with zero attached hydrogens (tertiary/aromatic N) is 3. The number of aromatic nitrogens is 2. The van der Waals surface area contributed by atoms with Gasteiger partial charge >= 0.3 is 0 Å². The van der Waals surface area contributed by atoms with Crippen LogP contribution in [0.4, 0.5) is 0 Å². The van der Waals surface area contributed by atoms with Crippen LogP contribution in [0.25, 0.3) is 23.0 Å². The van der Waals surface area contributed by atoms with E-state index in [1.807, 2.05) is 99.2 Å². The van der Waals surface area contributed by atoms with Crippen molar-refractivity contribution in [3.63, 3.8) is 0 Å². The predicted molar refractivity (Wildman–Crippen MR) is 135 cm³/mol. The van der Waals surface area contributed by atoms with Gasteiger partial charge in [0.1, 0.15) is 10.1 Å². The highest BCUT2D eigenvalue weighted by Crippen LogP contribution is 2.36. The van der Waals surface area contributed by atoms with Gasteiger partial charge in [0, 0.05) is 23.4 Å². The van der Waals surface area contributed by atoms with E-state index < -0.39 is 0 Å². The zero-order valence-corrected chi connectivity index (χ0v) is 20.1. The second-order valence-electron chi connectivity index (χ2n) is 8.05. The van der Waals surface area contributed by atoms with E-state index in [4.69, 9.17) is 22.1 Å². The van der Waals surface area contributed by atoms with Crippen LogP contribution in [-0.4, -0.2) is 37.1 Å². The number of thiocarbonyl (C=S) groups is 1. The van der Waals surface area contributed by atoms with Crippen LogP contribution < -0.4 is 4.74 Å². The van der Waals surface area contributed by atoms with Crippen molar-refractivity contribution in [1.82, 2.24) is 14.7 Å². The summed E-state index contributed by atoms with van der Waals surface area (Å²) in [5.74, 6) is 0.750. The van der Waals surface area contributed by atoms with Crippen LogP contribution in [0.3, 0.4) is 0 Å². The Morgan fingerprint density at radius 1 is 1.03 bits per heavy atom. The molecule has 2 aromatic carbocycles. The van der Waals surface area contributed by atoms with E-state index in [2.05, 4.69) is 0 Å². The molecule has 0 bridgehead atoms. The number of ether oxygens (including phenoxy) is 1. The lowest BCUT2D eigenvalue weighted by molar-refractivity contribution is -0.123. The first-order chi connectivity index (χ1) is 15.3. The number of carbonyl (C=O) groups is 1. The van der Waals surface area contributed by atoms with Gasteiger partial charge in [-0.15, -0.1) is 0 Å². The Morgan fingerprint density at radius 3 is 2.31 bits per heavy atom. The fraction of sp³-hybridized carbons (Fsp3) is 0.240. The number of carbonyl (C=O) groups excluding carboxylic acids is 1. The summed E-state index contributed by atoms with van der Waals surface area (Å²) >= 11 is 6.77. The van der Waals surface area contributed by atoms with Crippen molar-refractivity contribution < 1.29 is 9.53 Å². The first-order valence-corrected chi connectivity index (χ1v) is 11.7. The molecule has 164 valence electrons. The van der Waals surface area contributed by atoms with E-state index in [9.17, 15) is 4.79 Å². The number of hydrogen-bond donors (Lipinski definition) is 0. The summed E-state index contributed by atoms with van der Waals surface area (Å²) < 4.78 is 8.19. The largest absolute Gasteiger partial charge is 0.491 e. The Hall–Kier alpha value is -2.90. The van der Waals surface area contributed by atoms with E-state index in [0.29, 0.717) is 9.23 Å². The van der Waals surface area contributed by atoms with Gasteiger partial charge in [0.05, 0.1) is 22.4 Å². The minimum atomic E-state index is -0.0610. The van der Waals surface area contributed by atoms with Crippen molar-refractivity contribution in [1.29, 1.82) is 0 Å². The number of benzene rings is 2. The molecule has 0 spiro atoms. The molecule has 0 atom stereocenters. The quantitative estimate of drug-likeness (QED) is 0.335. The van der Waals surface area contributed by atoms with Crippen molar-refractivity contribution in [2.24, 2.45) is 0 Å². The molecule has 0 saturated carbocycles. The molecule has 1 amide bonds. The molecule has 32 heavy (non-hydrogen) atoms. The maximum Gasteiger partial charge on any atom is 0.266 e. The summed E-state index contributed by atoms with van der Waals surface area (Å²) in [6.07, 6.45) is 3.95. The Kier molecular flexibility index (Phi) is 6.48. The van der Waals surface area contributed by atoms with E-state index in [-0.39, 0.29) is 18.1 Å². The minimum Gasteiger partial charge on any atom is -0.491 e. The van der Waals surface area contributed by atoms with Gasteiger partial charge in [0.25, 0.3) is 5.91 Å². The summed E-state index contributed by atoms with van der Waals surface area (Å²) in [5.41, 5.74) is 3.54. The molecule has 5 nitrogen and oxygen atoms in total. The highest BCUT2D eigenvalue weighted by molar-refractivity contribution is 8.26. The lowest BCUT2D eigenvalue weighted by Gasteiger charge is -2.18. The van der Waals surface area contributed by atoms with E-state index >= 15 is 0 Å². The zero-order valence-electron chi connectivity index (χ0n) is 18.5. The van der Waals surface area contributed by atoms with Gasteiger partial charge in [-0.25, -0.2) is 4.68 Å². The van der Waals surface area contributed by atoms with Crippen molar-refractivity contribution in [3.8, 4) is 22.7 Å². The first kappa shape index (κ1) is 22.3. The smallest absolute Gasteiger partial charge is 0.266 e. The number of thioether (sulfide) groups is 1. The average Bonchev–Trinajstić information content (AvgIpc) is 3.29. The molecular weight excluding hydrogens is 438 g/mol. The summed E-state index contributed by atoms with van der Waals surface area (Å²) in [4.78, 5) is 15.2. The Bertz CT molecular complexity index is 1170. The molecule has 0 unspecified atom stereocenters. The lowest BCUT2D eigenvalue weighted by Crippen LogP contribution is -2.34. The van der Waals surface area contributed by atoms with Gasteiger partial charge in [0.2, 0.25) is 0 Å². The SMILES string of the molecule is CC(C)Oc1ccc(-c2nn(-c3ccccc3)cc2C=C2SC(=S)N(C(C)C)C2=O)cc1. The Labute approximate surface area is 198 Å². The zero-order chi connectivity index (χ0) is 22.8. The maximum absolute atomic E-state index is 12.9. The van der Waals surface area contributed by atoms with Crippen molar-refractivity contribution in [2.45, 2.75) is 39.8 Å². The van der Waals surface area contributed by atoms with Crippen molar-refractivity contribution in [2.75, 3.05) is 0 Å². The monoisotopic (exact) mass is 463 g/mol. The highest BCUT2D eigenvalue weighted by atomic mass is 32.2. The molecule has 1 fully saturated rings. The second kappa shape index (κ2) is 9.30. The number of para-hydroxylation sites is 1. The Morgan fingerprint density at radius 2 is 1.72 bits per heavy atom. The standard InChI is InChI=1S/C25H25N3O2S2/c1-16(2)28-24(29)22(32-25(28)31)14-19-15-27(20-8-6-5-7-9-20)26-23(19)18-10-12-21(13-11-18)30-17(3)4/h5-17H,1-4H3. The normalized spacial score (nSPS) is 15.4. The summed E-state index contributed by atoms with van der Waals surface area (Å²) in [6, 6.07) is 17.8. The molecule has 0 aliphatic carbocycles. The summed E-state index contributed by atoms with van der Waals surface area (Å²) in [6.45, 7) is 7.93. The Balaban J connectivity index is 1.77. The van der Waals surface area contributed by atoms with Gasteiger partial charge < -0.3 is 4.74 Å². The van der Waals surface area contributed by atoms with Crippen LogP contribution >= 0.6 is 24.0 Å². The first-order valence-electron chi connectivity index (χ1n) is 10.5. The van der Waals surface area contributed by atoms with Gasteiger partial charge in [-0.2, -0.15) is 5.10 Å². The lowest BCUT2D eigenvalue weighted by atomic mass is 10.1. The molecule has 0 radical (unpaired) electrons. The maximum atomic E-state index is 12.9. The minimum absolute atomic E-state index is 0.0217. The molecule has 7 heteroatoms. The third-order valence-electron chi connectivity index (χ3n) is 4.89. The van der Waals surface area contributed by atoms with Crippen LogP contribution in [0.15, 0.2) is 65.7 Å². The second-order valence-corrected chi connectivity index (χ2v) is 9.73. The van der Waals surface area contributed by atoms with Crippen LogP contribution in [0.2, 0.25) is 0 Å². The van der Waals surface area contributed by atoms with Gasteiger partial charge in [-0.3, -0.25) is 9.69 Å². The number of rotatable bonds is 6. The van der Waals surface area contributed by atoms with Crippen molar-refractivity contribution in [3.05, 3.63) is 71.3 Å². The van der Waals surface area contributed by atoms with Crippen molar-refractivity contribution >= 4 is 40.3 Å². The molecule has 1 aliphatic rings. The van der Waals surface area contributed by atoms with Gasteiger partial charge in [-0.1, -0.05) is 42.2 Å². The van der Waals surface area contributed by atoms with Crippen LogP contribution in [0, 0.1) is 0 Å². The molecule has 2 heterocycles. The average molecular weight is 464 g/mol. The molecule has 1 aliphatic heterocycles. The fourth-order valence-electron chi connectivity index (χ4n) is 3.46. The van der Waals surface area contributed by atoms with Crippen LogP contribution in [-0.2, 0) is 4.79 Å². The molecule has 3 aromatic rings. The number of hydrogen-bond acceptors (Lipinski definition) is 5. The third kappa shape index (κ3) is 4.64. The summed E-state index contributed by atoms with van der Waals surface area (Å²) in [7, 11) is 0. The summed E-state index contributed by atoms with van der Waals surface area (Å²) in [5, 5.41) is 4.85. The van der Waals surface area contributed by atoms with Crippen LogP contribution in [0.5, 0.6) is 5.75 Å². The van der Waals surface area contributed by atoms with E-state index in [0.717, 1.165) is 28.3 Å². The van der Waals surface area contributed by atoms with Crippen LogP contribution in [0.1, 0.15) is 33.3 Å². The predicted octanol–water partition coefficient (Wildman–Crippen LogP) is 5.94. The molecule has 4 rings (SSSR count). The third-order valence-corrected chi connectivity index (χ3v) is 6.22. The molecule has 1 saturated heterocycles. The van der Waals surface area contributed by atoms with Gasteiger partial charge in [0.15, 0.2) is 0 Å². The molecule has 1 aromatic heterocycles. The highest BCUT2D eigenvalue weighted by Gasteiger charge is 2.34. The topological polar surface area (TPSA) is 47.4 Å². The number of amides is 1.